The highest BCUT2D eigenvalue weighted by atomic mass is 16.5. The molecule has 84 valence electrons. The van der Waals surface area contributed by atoms with E-state index >= 15 is 0 Å². The molecule has 3 nitrogen and oxygen atoms in total. The summed E-state index contributed by atoms with van der Waals surface area (Å²) in [4.78, 5) is 11.7. The largest absolute Gasteiger partial charge is 0.462 e. The van der Waals surface area contributed by atoms with E-state index < -0.39 is 0 Å². The summed E-state index contributed by atoms with van der Waals surface area (Å²) in [6.45, 7) is 5.99. The molecule has 0 fully saturated rings. The minimum Gasteiger partial charge on any atom is -0.462 e. The van der Waals surface area contributed by atoms with Gasteiger partial charge in [0.1, 0.15) is 0 Å². The van der Waals surface area contributed by atoms with Crippen LogP contribution >= 0.6 is 0 Å². The topological polar surface area (TPSA) is 50.1 Å². The van der Waals surface area contributed by atoms with Crippen molar-refractivity contribution < 1.29 is 9.53 Å². The van der Waals surface area contributed by atoms with Gasteiger partial charge in [-0.15, -0.1) is 0 Å². The summed E-state index contributed by atoms with van der Waals surface area (Å²) in [6.07, 6.45) is 0.799. The van der Waals surface area contributed by atoms with Gasteiger partial charge in [0.05, 0.1) is 23.8 Å². The van der Waals surface area contributed by atoms with Gasteiger partial charge in [-0.05, 0) is 43.5 Å². The number of nitrogens with zero attached hydrogens (tertiary/aromatic N) is 1. The van der Waals surface area contributed by atoms with Gasteiger partial charge in [0.25, 0.3) is 0 Å². The molecule has 0 heterocycles. The molecule has 0 bridgehead atoms. The van der Waals surface area contributed by atoms with Crippen LogP contribution in [-0.2, 0) is 11.2 Å². The maximum atomic E-state index is 11.7. The monoisotopic (exact) mass is 217 g/mol. The van der Waals surface area contributed by atoms with Crippen LogP contribution in [0.3, 0.4) is 0 Å². The van der Waals surface area contributed by atoms with Crippen LogP contribution < -0.4 is 0 Å². The van der Waals surface area contributed by atoms with Crippen LogP contribution in [0.4, 0.5) is 0 Å². The number of aryl methyl sites for hydroxylation is 1. The second kappa shape index (κ2) is 5.32. The van der Waals surface area contributed by atoms with Crippen molar-refractivity contribution in [1.29, 1.82) is 5.26 Å². The lowest BCUT2D eigenvalue weighted by Gasteiger charge is -2.10. The highest BCUT2D eigenvalue weighted by Crippen LogP contribution is 2.18. The molecule has 1 aromatic carbocycles. The maximum Gasteiger partial charge on any atom is 0.338 e. The maximum absolute atomic E-state index is 11.7. The number of ether oxygens (including phenoxy) is 1. The van der Waals surface area contributed by atoms with E-state index in [2.05, 4.69) is 6.07 Å². The molecule has 1 aromatic rings. The van der Waals surface area contributed by atoms with Crippen molar-refractivity contribution in [3.63, 3.8) is 0 Å². The molecular weight excluding hydrogens is 202 g/mol. The number of carbonyl (C=O) groups is 1. The molecule has 16 heavy (non-hydrogen) atoms. The molecule has 0 aromatic heterocycles. The van der Waals surface area contributed by atoms with Gasteiger partial charge in [0, 0.05) is 0 Å². The fourth-order valence-corrected chi connectivity index (χ4v) is 1.63. The molecule has 1 rings (SSSR count). The van der Waals surface area contributed by atoms with E-state index in [0.717, 1.165) is 17.5 Å². The van der Waals surface area contributed by atoms with Gasteiger partial charge in [-0.1, -0.05) is 6.92 Å². The van der Waals surface area contributed by atoms with E-state index in [1.807, 2.05) is 19.9 Å². The van der Waals surface area contributed by atoms with Crippen LogP contribution in [0.2, 0.25) is 0 Å². The van der Waals surface area contributed by atoms with Crippen LogP contribution in [0.15, 0.2) is 12.1 Å². The number of hydrogen-bond donors (Lipinski definition) is 0. The summed E-state index contributed by atoms with van der Waals surface area (Å²) in [5.41, 5.74) is 2.92. The minimum atomic E-state index is -0.355. The summed E-state index contributed by atoms with van der Waals surface area (Å²) in [6, 6.07) is 5.47. The first-order valence-electron chi connectivity index (χ1n) is 5.34. The predicted molar refractivity (Wildman–Crippen MR) is 61.2 cm³/mol. The molecule has 3 heteroatoms. The van der Waals surface area contributed by atoms with Crippen LogP contribution in [0.1, 0.15) is 40.9 Å². The van der Waals surface area contributed by atoms with Gasteiger partial charge in [-0.2, -0.15) is 5.26 Å². The third kappa shape index (κ3) is 2.40. The Morgan fingerprint density at radius 1 is 1.44 bits per heavy atom. The lowest BCUT2D eigenvalue weighted by Crippen LogP contribution is -2.08. The zero-order chi connectivity index (χ0) is 12.1. The van der Waals surface area contributed by atoms with Gasteiger partial charge in [0.2, 0.25) is 0 Å². The molecular formula is C13H15NO2. The van der Waals surface area contributed by atoms with Crippen LogP contribution in [-0.4, -0.2) is 12.6 Å². The summed E-state index contributed by atoms with van der Waals surface area (Å²) in [7, 11) is 0. The molecule has 0 saturated carbocycles. The molecule has 0 N–H and O–H groups in total. The Morgan fingerprint density at radius 3 is 2.62 bits per heavy atom. The highest BCUT2D eigenvalue weighted by Gasteiger charge is 2.13. The van der Waals surface area contributed by atoms with Crippen LogP contribution in [0, 0.1) is 18.3 Å². The van der Waals surface area contributed by atoms with Gasteiger partial charge < -0.3 is 4.74 Å². The minimum absolute atomic E-state index is 0.344. The van der Waals surface area contributed by atoms with E-state index in [1.54, 1.807) is 13.0 Å². The SMILES string of the molecule is CCOC(=O)c1cc(C#N)cc(CC)c1C. The Morgan fingerprint density at radius 2 is 2.12 bits per heavy atom. The first-order valence-corrected chi connectivity index (χ1v) is 5.34. The molecule has 0 spiro atoms. The molecule has 0 unspecified atom stereocenters. The molecule has 0 aliphatic rings. The number of carbonyl (C=O) groups excluding carboxylic acids is 1. The highest BCUT2D eigenvalue weighted by molar-refractivity contribution is 5.91. The van der Waals surface area contributed by atoms with Crippen molar-refractivity contribution in [1.82, 2.24) is 0 Å². The number of esters is 1. The predicted octanol–water partition coefficient (Wildman–Crippen LogP) is 2.61. The molecule has 0 aliphatic carbocycles. The molecule has 0 aliphatic heterocycles. The first-order chi connectivity index (χ1) is 7.63. The third-order valence-corrected chi connectivity index (χ3v) is 2.52. The third-order valence-electron chi connectivity index (χ3n) is 2.52. The molecule has 0 radical (unpaired) electrons. The Kier molecular flexibility index (Phi) is 4.07. The normalized spacial score (nSPS) is 9.62. The number of rotatable bonds is 3. The number of hydrogen-bond acceptors (Lipinski definition) is 3. The summed E-state index contributed by atoms with van der Waals surface area (Å²) in [5, 5.41) is 8.88. The van der Waals surface area contributed by atoms with Crippen molar-refractivity contribution in [2.75, 3.05) is 6.61 Å². The van der Waals surface area contributed by atoms with Crippen molar-refractivity contribution in [3.8, 4) is 6.07 Å². The molecule has 0 amide bonds. The lowest BCUT2D eigenvalue weighted by molar-refractivity contribution is 0.0525. The standard InChI is InChI=1S/C13H15NO2/c1-4-11-6-10(8-14)7-12(9(11)3)13(15)16-5-2/h6-7H,4-5H2,1-3H3. The average Bonchev–Trinajstić information content (AvgIpc) is 2.29. The Bertz CT molecular complexity index is 444. The Labute approximate surface area is 95.7 Å². The second-order valence-corrected chi connectivity index (χ2v) is 3.49. The summed E-state index contributed by atoms with van der Waals surface area (Å²) < 4.78 is 4.96. The van der Waals surface area contributed by atoms with Gasteiger partial charge in [0.15, 0.2) is 0 Å². The fourth-order valence-electron chi connectivity index (χ4n) is 1.63. The Hall–Kier alpha value is -1.82. The smallest absolute Gasteiger partial charge is 0.338 e. The summed E-state index contributed by atoms with van der Waals surface area (Å²) in [5.74, 6) is -0.355. The lowest BCUT2D eigenvalue weighted by atomic mass is 9.97. The average molecular weight is 217 g/mol. The van der Waals surface area contributed by atoms with Crippen LogP contribution in [0.5, 0.6) is 0 Å². The van der Waals surface area contributed by atoms with Gasteiger partial charge in [-0.3, -0.25) is 0 Å². The van der Waals surface area contributed by atoms with Crippen LogP contribution in [0.25, 0.3) is 0 Å². The number of nitriles is 1. The zero-order valence-electron chi connectivity index (χ0n) is 9.83. The van der Waals surface area contributed by atoms with E-state index in [9.17, 15) is 4.79 Å². The van der Waals surface area contributed by atoms with Crippen molar-refractivity contribution in [3.05, 3.63) is 34.4 Å². The quantitative estimate of drug-likeness (QED) is 0.731. The van der Waals surface area contributed by atoms with E-state index in [0.29, 0.717) is 17.7 Å². The van der Waals surface area contributed by atoms with E-state index in [4.69, 9.17) is 10.00 Å². The van der Waals surface area contributed by atoms with Crippen molar-refractivity contribution in [2.24, 2.45) is 0 Å². The molecule has 0 atom stereocenters. The van der Waals surface area contributed by atoms with Crippen molar-refractivity contribution in [2.45, 2.75) is 27.2 Å². The number of benzene rings is 1. The first kappa shape index (κ1) is 12.3. The fraction of sp³-hybridized carbons (Fsp3) is 0.385. The van der Waals surface area contributed by atoms with E-state index in [1.165, 1.54) is 0 Å². The molecule has 0 saturated heterocycles. The summed E-state index contributed by atoms with van der Waals surface area (Å²) >= 11 is 0. The van der Waals surface area contributed by atoms with Gasteiger partial charge in [-0.25, -0.2) is 4.79 Å². The van der Waals surface area contributed by atoms with E-state index in [-0.39, 0.29) is 5.97 Å². The Balaban J connectivity index is 3.27. The van der Waals surface area contributed by atoms with Crippen molar-refractivity contribution >= 4 is 5.97 Å². The second-order valence-electron chi connectivity index (χ2n) is 3.49. The van der Waals surface area contributed by atoms with Gasteiger partial charge >= 0.3 is 5.97 Å². The zero-order valence-corrected chi connectivity index (χ0v) is 9.83.